The van der Waals surface area contributed by atoms with E-state index in [1.165, 1.54) is 11.1 Å². The zero-order valence-electron chi connectivity index (χ0n) is 12.5. The molecule has 1 fully saturated rings. The highest BCUT2D eigenvalue weighted by Gasteiger charge is 2.11. The van der Waals surface area contributed by atoms with Crippen LogP contribution in [0.2, 0.25) is 0 Å². The zero-order chi connectivity index (χ0) is 14.4. The van der Waals surface area contributed by atoms with Crippen molar-refractivity contribution in [1.82, 2.24) is 10.2 Å². The lowest BCUT2D eigenvalue weighted by molar-refractivity contribution is 0.0773. The lowest BCUT2D eigenvalue weighted by atomic mass is 10.0. The molecule has 3 heteroatoms. The Morgan fingerprint density at radius 1 is 1.15 bits per heavy atom. The van der Waals surface area contributed by atoms with Gasteiger partial charge in [0.25, 0.3) is 5.91 Å². The molecule has 0 saturated carbocycles. The molecule has 108 valence electrons. The van der Waals surface area contributed by atoms with E-state index in [2.05, 4.69) is 11.4 Å². The molecule has 0 aliphatic carbocycles. The molecule has 1 aromatic carbocycles. The van der Waals surface area contributed by atoms with Crippen molar-refractivity contribution in [2.45, 2.75) is 26.7 Å². The number of rotatable bonds is 4. The summed E-state index contributed by atoms with van der Waals surface area (Å²) in [6.45, 7) is 7.69. The fourth-order valence-electron chi connectivity index (χ4n) is 2.54. The number of carbonyl (C=O) groups is 1. The van der Waals surface area contributed by atoms with E-state index in [1.54, 1.807) is 0 Å². The van der Waals surface area contributed by atoms with Crippen molar-refractivity contribution in [1.29, 1.82) is 0 Å². The topological polar surface area (TPSA) is 32.3 Å². The molecule has 20 heavy (non-hydrogen) atoms. The summed E-state index contributed by atoms with van der Waals surface area (Å²) in [4.78, 5) is 14.1. The maximum atomic E-state index is 12.2. The van der Waals surface area contributed by atoms with Crippen LogP contribution < -0.4 is 5.32 Å². The van der Waals surface area contributed by atoms with Gasteiger partial charge in [0.05, 0.1) is 0 Å². The standard InChI is InChI=1S/C17H24N2O/c1-3-19(4-2)17(20)16-7-5-14(6-8-16)13-15-9-11-18-12-10-15/h5-8,13,18H,3-4,9-12H2,1-2H3. The van der Waals surface area contributed by atoms with Gasteiger partial charge < -0.3 is 10.2 Å². The molecule has 0 radical (unpaired) electrons. The SMILES string of the molecule is CCN(CC)C(=O)c1ccc(C=C2CCNCC2)cc1. The fraction of sp³-hybridized carbons (Fsp3) is 0.471. The first-order chi connectivity index (χ1) is 9.74. The summed E-state index contributed by atoms with van der Waals surface area (Å²) in [6.07, 6.45) is 4.51. The second kappa shape index (κ2) is 7.25. The summed E-state index contributed by atoms with van der Waals surface area (Å²) in [5.41, 5.74) is 3.46. The average molecular weight is 272 g/mol. The van der Waals surface area contributed by atoms with Crippen LogP contribution in [0, 0.1) is 0 Å². The molecule has 1 aliphatic heterocycles. The maximum Gasteiger partial charge on any atom is 0.253 e. The Kier molecular flexibility index (Phi) is 5.36. The third kappa shape index (κ3) is 3.70. The number of amides is 1. The summed E-state index contributed by atoms with van der Waals surface area (Å²) in [6, 6.07) is 7.97. The van der Waals surface area contributed by atoms with Crippen LogP contribution in [0.4, 0.5) is 0 Å². The van der Waals surface area contributed by atoms with Crippen LogP contribution in [-0.2, 0) is 0 Å². The summed E-state index contributed by atoms with van der Waals surface area (Å²) in [5.74, 6) is 0.121. The molecular weight excluding hydrogens is 248 g/mol. The molecule has 0 atom stereocenters. The highest BCUT2D eigenvalue weighted by molar-refractivity contribution is 5.94. The second-order valence-electron chi connectivity index (χ2n) is 5.15. The molecule has 1 aromatic rings. The van der Waals surface area contributed by atoms with Crippen LogP contribution in [-0.4, -0.2) is 37.0 Å². The van der Waals surface area contributed by atoms with Crippen LogP contribution in [0.25, 0.3) is 6.08 Å². The molecule has 0 bridgehead atoms. The minimum Gasteiger partial charge on any atom is -0.339 e. The number of nitrogens with zero attached hydrogens (tertiary/aromatic N) is 1. The maximum absolute atomic E-state index is 12.2. The smallest absolute Gasteiger partial charge is 0.253 e. The number of nitrogens with one attached hydrogen (secondary N) is 1. The minimum atomic E-state index is 0.121. The Labute approximate surface area is 121 Å². The Balaban J connectivity index is 2.07. The number of hydrogen-bond acceptors (Lipinski definition) is 2. The highest BCUT2D eigenvalue weighted by atomic mass is 16.2. The predicted octanol–water partition coefficient (Wildman–Crippen LogP) is 2.94. The quantitative estimate of drug-likeness (QED) is 0.914. The van der Waals surface area contributed by atoms with Gasteiger partial charge in [-0.15, -0.1) is 0 Å². The van der Waals surface area contributed by atoms with Gasteiger partial charge in [-0.3, -0.25) is 4.79 Å². The molecule has 2 rings (SSSR count). The third-order valence-corrected chi connectivity index (χ3v) is 3.82. The van der Waals surface area contributed by atoms with Crippen LogP contribution >= 0.6 is 0 Å². The van der Waals surface area contributed by atoms with Gasteiger partial charge in [0.2, 0.25) is 0 Å². The lowest BCUT2D eigenvalue weighted by Gasteiger charge is -2.18. The Morgan fingerprint density at radius 2 is 1.75 bits per heavy atom. The van der Waals surface area contributed by atoms with Crippen molar-refractivity contribution in [2.75, 3.05) is 26.2 Å². The van der Waals surface area contributed by atoms with E-state index in [0.717, 1.165) is 44.6 Å². The number of piperidine rings is 1. The molecule has 0 unspecified atom stereocenters. The van der Waals surface area contributed by atoms with E-state index in [0.29, 0.717) is 0 Å². The van der Waals surface area contributed by atoms with E-state index in [9.17, 15) is 4.79 Å². The summed E-state index contributed by atoms with van der Waals surface area (Å²) in [7, 11) is 0. The number of carbonyl (C=O) groups excluding carboxylic acids is 1. The van der Waals surface area contributed by atoms with Gasteiger partial charge in [-0.05, 0) is 57.5 Å². The average Bonchev–Trinajstić information content (AvgIpc) is 2.50. The summed E-state index contributed by atoms with van der Waals surface area (Å²) < 4.78 is 0. The highest BCUT2D eigenvalue weighted by Crippen LogP contribution is 2.16. The minimum absolute atomic E-state index is 0.121. The van der Waals surface area contributed by atoms with Crippen LogP contribution in [0.3, 0.4) is 0 Å². The lowest BCUT2D eigenvalue weighted by Crippen LogP contribution is -2.30. The van der Waals surface area contributed by atoms with E-state index in [4.69, 9.17) is 0 Å². The van der Waals surface area contributed by atoms with Gasteiger partial charge in [-0.25, -0.2) is 0 Å². The first-order valence-electron chi connectivity index (χ1n) is 7.54. The molecule has 3 nitrogen and oxygen atoms in total. The fourth-order valence-corrected chi connectivity index (χ4v) is 2.54. The number of hydrogen-bond donors (Lipinski definition) is 1. The summed E-state index contributed by atoms with van der Waals surface area (Å²) >= 11 is 0. The van der Waals surface area contributed by atoms with E-state index < -0.39 is 0 Å². The van der Waals surface area contributed by atoms with Gasteiger partial charge in [-0.1, -0.05) is 23.8 Å². The van der Waals surface area contributed by atoms with E-state index >= 15 is 0 Å². The first kappa shape index (κ1) is 14.8. The molecule has 1 aliphatic rings. The molecule has 0 spiro atoms. The Morgan fingerprint density at radius 3 is 2.30 bits per heavy atom. The van der Waals surface area contributed by atoms with Crippen molar-refractivity contribution in [3.05, 3.63) is 41.0 Å². The summed E-state index contributed by atoms with van der Waals surface area (Å²) in [5, 5.41) is 3.36. The first-order valence-corrected chi connectivity index (χ1v) is 7.54. The largest absolute Gasteiger partial charge is 0.339 e. The molecule has 1 saturated heterocycles. The van der Waals surface area contributed by atoms with Gasteiger partial charge in [-0.2, -0.15) is 0 Å². The molecule has 0 aromatic heterocycles. The molecule has 1 N–H and O–H groups in total. The Hall–Kier alpha value is -1.61. The monoisotopic (exact) mass is 272 g/mol. The zero-order valence-corrected chi connectivity index (χ0v) is 12.5. The van der Waals surface area contributed by atoms with Crippen molar-refractivity contribution in [3.63, 3.8) is 0 Å². The van der Waals surface area contributed by atoms with Crippen LogP contribution in [0.5, 0.6) is 0 Å². The van der Waals surface area contributed by atoms with Crippen molar-refractivity contribution in [3.8, 4) is 0 Å². The third-order valence-electron chi connectivity index (χ3n) is 3.82. The van der Waals surface area contributed by atoms with Crippen molar-refractivity contribution < 1.29 is 4.79 Å². The molecule has 1 heterocycles. The van der Waals surface area contributed by atoms with E-state index in [1.807, 2.05) is 43.0 Å². The normalized spacial score (nSPS) is 15.0. The van der Waals surface area contributed by atoms with Crippen LogP contribution in [0.15, 0.2) is 29.8 Å². The van der Waals surface area contributed by atoms with Gasteiger partial charge in [0.15, 0.2) is 0 Å². The van der Waals surface area contributed by atoms with Gasteiger partial charge in [0.1, 0.15) is 0 Å². The predicted molar refractivity (Wildman–Crippen MR) is 83.8 cm³/mol. The molecule has 1 amide bonds. The van der Waals surface area contributed by atoms with Crippen molar-refractivity contribution >= 4 is 12.0 Å². The van der Waals surface area contributed by atoms with Gasteiger partial charge >= 0.3 is 0 Å². The van der Waals surface area contributed by atoms with Gasteiger partial charge in [0, 0.05) is 18.7 Å². The van der Waals surface area contributed by atoms with Crippen LogP contribution in [0.1, 0.15) is 42.6 Å². The number of benzene rings is 1. The van der Waals surface area contributed by atoms with E-state index in [-0.39, 0.29) is 5.91 Å². The van der Waals surface area contributed by atoms with Crippen molar-refractivity contribution in [2.24, 2.45) is 0 Å². The molecular formula is C17H24N2O. The second-order valence-corrected chi connectivity index (χ2v) is 5.15. The Bertz CT molecular complexity index is 464.